The van der Waals surface area contributed by atoms with E-state index in [1.165, 1.54) is 37.9 Å². The molecular formula is C15H25N3. The highest BCUT2D eigenvalue weighted by atomic mass is 15.1. The van der Waals surface area contributed by atoms with Crippen molar-refractivity contribution in [1.29, 1.82) is 0 Å². The van der Waals surface area contributed by atoms with Gasteiger partial charge in [-0.25, -0.2) is 4.98 Å². The normalized spacial score (nSPS) is 22.1. The van der Waals surface area contributed by atoms with Gasteiger partial charge in [-0.15, -0.1) is 0 Å². The summed E-state index contributed by atoms with van der Waals surface area (Å²) in [4.78, 5) is 6.69. The molecule has 100 valence electrons. The Morgan fingerprint density at radius 1 is 1.39 bits per heavy atom. The van der Waals surface area contributed by atoms with Gasteiger partial charge in [-0.3, -0.25) is 4.90 Å². The maximum Gasteiger partial charge on any atom is 0.127 e. The van der Waals surface area contributed by atoms with Gasteiger partial charge < -0.3 is 5.73 Å². The van der Waals surface area contributed by atoms with Crippen molar-refractivity contribution in [2.24, 2.45) is 11.8 Å². The number of hydrogen-bond acceptors (Lipinski definition) is 3. The molecule has 2 heterocycles. The number of rotatable bonds is 3. The van der Waals surface area contributed by atoms with Crippen LogP contribution in [-0.2, 0) is 6.54 Å². The van der Waals surface area contributed by atoms with E-state index in [0.717, 1.165) is 18.4 Å². The zero-order chi connectivity index (χ0) is 13.0. The summed E-state index contributed by atoms with van der Waals surface area (Å²) in [6.45, 7) is 8.03. The van der Waals surface area contributed by atoms with Crippen LogP contribution < -0.4 is 5.73 Å². The van der Waals surface area contributed by atoms with Crippen LogP contribution in [-0.4, -0.2) is 23.0 Å². The number of nitrogens with two attached hydrogens (primary N) is 1. The lowest BCUT2D eigenvalue weighted by Gasteiger charge is -2.21. The monoisotopic (exact) mass is 247 g/mol. The SMILES string of the molecule is CC(C)C1CCCN(Cc2cccnc2N)CC1. The quantitative estimate of drug-likeness (QED) is 0.893. The Hall–Kier alpha value is -1.09. The molecule has 0 aliphatic carbocycles. The molecule has 18 heavy (non-hydrogen) atoms. The Bertz CT molecular complexity index is 376. The molecule has 1 aromatic rings. The highest BCUT2D eigenvalue weighted by Crippen LogP contribution is 2.25. The molecule has 0 amide bonds. The fourth-order valence-electron chi connectivity index (χ4n) is 2.83. The number of aromatic nitrogens is 1. The van der Waals surface area contributed by atoms with E-state index in [9.17, 15) is 0 Å². The first-order valence-corrected chi connectivity index (χ1v) is 7.08. The number of anilines is 1. The largest absolute Gasteiger partial charge is 0.383 e. The third-order valence-corrected chi connectivity index (χ3v) is 4.13. The van der Waals surface area contributed by atoms with Crippen LogP contribution in [0.1, 0.15) is 38.7 Å². The fourth-order valence-corrected chi connectivity index (χ4v) is 2.83. The molecule has 2 rings (SSSR count). The van der Waals surface area contributed by atoms with E-state index in [-0.39, 0.29) is 0 Å². The molecule has 1 atom stereocenters. The molecule has 0 spiro atoms. The molecule has 1 saturated heterocycles. The van der Waals surface area contributed by atoms with Crippen LogP contribution in [0.4, 0.5) is 5.82 Å². The summed E-state index contributed by atoms with van der Waals surface area (Å²) in [6.07, 6.45) is 5.76. The van der Waals surface area contributed by atoms with Crippen LogP contribution in [0.5, 0.6) is 0 Å². The van der Waals surface area contributed by atoms with Crippen molar-refractivity contribution < 1.29 is 0 Å². The van der Waals surface area contributed by atoms with Gasteiger partial charge in [0.05, 0.1) is 0 Å². The molecule has 3 heteroatoms. The van der Waals surface area contributed by atoms with E-state index in [1.54, 1.807) is 6.20 Å². The number of nitrogen functional groups attached to an aromatic ring is 1. The van der Waals surface area contributed by atoms with Crippen molar-refractivity contribution in [2.75, 3.05) is 18.8 Å². The van der Waals surface area contributed by atoms with Gasteiger partial charge in [-0.1, -0.05) is 19.9 Å². The first-order valence-electron chi connectivity index (χ1n) is 7.08. The van der Waals surface area contributed by atoms with Crippen LogP contribution >= 0.6 is 0 Å². The summed E-state index contributed by atoms with van der Waals surface area (Å²) >= 11 is 0. The standard InChI is InChI=1S/C15H25N3/c1-12(2)13-6-4-9-18(10-7-13)11-14-5-3-8-17-15(14)16/h3,5,8,12-13H,4,6-7,9-11H2,1-2H3,(H2,16,17). The molecule has 0 bridgehead atoms. The van der Waals surface area contributed by atoms with Gasteiger partial charge >= 0.3 is 0 Å². The zero-order valence-electron chi connectivity index (χ0n) is 11.6. The Morgan fingerprint density at radius 2 is 2.22 bits per heavy atom. The molecule has 0 saturated carbocycles. The van der Waals surface area contributed by atoms with E-state index < -0.39 is 0 Å². The topological polar surface area (TPSA) is 42.2 Å². The molecule has 2 N–H and O–H groups in total. The first-order chi connectivity index (χ1) is 8.66. The lowest BCUT2D eigenvalue weighted by molar-refractivity contribution is 0.265. The average molecular weight is 247 g/mol. The van der Waals surface area contributed by atoms with Crippen LogP contribution in [0.2, 0.25) is 0 Å². The van der Waals surface area contributed by atoms with Crippen molar-refractivity contribution in [1.82, 2.24) is 9.88 Å². The van der Waals surface area contributed by atoms with Crippen molar-refractivity contribution >= 4 is 5.82 Å². The van der Waals surface area contributed by atoms with Crippen LogP contribution in [0, 0.1) is 11.8 Å². The molecule has 1 fully saturated rings. The second-order valence-corrected chi connectivity index (χ2v) is 5.76. The third-order valence-electron chi connectivity index (χ3n) is 4.13. The molecule has 3 nitrogen and oxygen atoms in total. The Kier molecular flexibility index (Phi) is 4.59. The summed E-state index contributed by atoms with van der Waals surface area (Å²) in [6, 6.07) is 4.06. The van der Waals surface area contributed by atoms with E-state index in [2.05, 4.69) is 29.8 Å². The molecule has 0 aromatic carbocycles. The van der Waals surface area contributed by atoms with Crippen LogP contribution in [0.3, 0.4) is 0 Å². The van der Waals surface area contributed by atoms with Gasteiger partial charge in [0.15, 0.2) is 0 Å². The fraction of sp³-hybridized carbons (Fsp3) is 0.667. The van der Waals surface area contributed by atoms with E-state index in [0.29, 0.717) is 5.82 Å². The van der Waals surface area contributed by atoms with Gasteiger partial charge in [0.25, 0.3) is 0 Å². The first kappa shape index (κ1) is 13.3. The maximum absolute atomic E-state index is 5.91. The van der Waals surface area contributed by atoms with Gasteiger partial charge in [0.2, 0.25) is 0 Å². The lowest BCUT2D eigenvalue weighted by atomic mass is 9.89. The molecule has 0 radical (unpaired) electrons. The Labute approximate surface area is 110 Å². The molecular weight excluding hydrogens is 222 g/mol. The van der Waals surface area contributed by atoms with Crippen LogP contribution in [0.25, 0.3) is 0 Å². The summed E-state index contributed by atoms with van der Waals surface area (Å²) in [5, 5.41) is 0. The van der Waals surface area contributed by atoms with Crippen molar-refractivity contribution in [3.8, 4) is 0 Å². The second-order valence-electron chi connectivity index (χ2n) is 5.76. The zero-order valence-corrected chi connectivity index (χ0v) is 11.6. The number of likely N-dealkylation sites (tertiary alicyclic amines) is 1. The van der Waals surface area contributed by atoms with Crippen molar-refractivity contribution in [2.45, 2.75) is 39.7 Å². The minimum atomic E-state index is 0.683. The maximum atomic E-state index is 5.91. The minimum absolute atomic E-state index is 0.683. The molecule has 1 aliphatic rings. The van der Waals surface area contributed by atoms with Crippen LogP contribution in [0.15, 0.2) is 18.3 Å². The molecule has 1 unspecified atom stereocenters. The van der Waals surface area contributed by atoms with E-state index in [4.69, 9.17) is 5.73 Å². The van der Waals surface area contributed by atoms with E-state index >= 15 is 0 Å². The number of pyridine rings is 1. The predicted octanol–water partition coefficient (Wildman–Crippen LogP) is 2.92. The number of nitrogens with zero attached hydrogens (tertiary/aromatic N) is 2. The van der Waals surface area contributed by atoms with Gasteiger partial charge in [0.1, 0.15) is 5.82 Å². The third kappa shape index (κ3) is 3.45. The lowest BCUT2D eigenvalue weighted by Crippen LogP contribution is -2.25. The molecule has 1 aliphatic heterocycles. The highest BCUT2D eigenvalue weighted by Gasteiger charge is 2.19. The van der Waals surface area contributed by atoms with Gasteiger partial charge in [-0.05, 0) is 50.3 Å². The molecule has 1 aromatic heterocycles. The minimum Gasteiger partial charge on any atom is -0.383 e. The summed E-state index contributed by atoms with van der Waals surface area (Å²) in [7, 11) is 0. The van der Waals surface area contributed by atoms with Crippen molar-refractivity contribution in [3.05, 3.63) is 23.9 Å². The van der Waals surface area contributed by atoms with Crippen molar-refractivity contribution in [3.63, 3.8) is 0 Å². The summed E-state index contributed by atoms with van der Waals surface area (Å²) in [5.74, 6) is 2.39. The summed E-state index contributed by atoms with van der Waals surface area (Å²) in [5.41, 5.74) is 7.08. The predicted molar refractivity (Wildman–Crippen MR) is 76.1 cm³/mol. The highest BCUT2D eigenvalue weighted by molar-refractivity contribution is 5.38. The number of hydrogen-bond donors (Lipinski definition) is 1. The van der Waals surface area contributed by atoms with E-state index in [1.807, 2.05) is 6.07 Å². The smallest absolute Gasteiger partial charge is 0.127 e. The Balaban J connectivity index is 1.93. The summed E-state index contributed by atoms with van der Waals surface area (Å²) < 4.78 is 0. The van der Waals surface area contributed by atoms with Gasteiger partial charge in [0, 0.05) is 18.3 Å². The average Bonchev–Trinajstić information content (AvgIpc) is 2.58. The second kappa shape index (κ2) is 6.19. The van der Waals surface area contributed by atoms with Gasteiger partial charge in [-0.2, -0.15) is 0 Å². The Morgan fingerprint density at radius 3 is 2.94 bits per heavy atom.